The molecule has 2 aromatic rings. The molecule has 1 aliphatic rings. The maximum Gasteiger partial charge on any atom is 0.250 e. The normalized spacial score (nSPS) is 12.4. The van der Waals surface area contributed by atoms with Gasteiger partial charge in [-0.1, -0.05) is 18.2 Å². The summed E-state index contributed by atoms with van der Waals surface area (Å²) in [6.45, 7) is 0. The minimum Gasteiger partial charge on any atom is -0.368 e. The Morgan fingerprint density at radius 2 is 1.74 bits per heavy atom. The summed E-state index contributed by atoms with van der Waals surface area (Å²) in [5.74, 6) is -0.385. The van der Waals surface area contributed by atoms with Crippen molar-refractivity contribution in [2.75, 3.05) is 0 Å². The molecule has 0 radical (unpaired) electrons. The lowest BCUT2D eigenvalue weighted by atomic mass is 10.2. The predicted octanol–water partition coefficient (Wildman–Crippen LogP) is 2.21. The van der Waals surface area contributed by atoms with Gasteiger partial charge in [-0.05, 0) is 30.4 Å². The predicted molar refractivity (Wildman–Crippen MR) is 76.5 cm³/mol. The average Bonchev–Trinajstić information content (AvgIpc) is 2.63. The highest BCUT2D eigenvalue weighted by atomic mass is 16.1. The molecular weight excluding hydrogens is 238 g/mol. The van der Waals surface area contributed by atoms with E-state index in [9.17, 15) is 4.79 Å². The molecule has 0 aliphatic carbocycles. The van der Waals surface area contributed by atoms with Crippen LogP contribution in [0.2, 0.25) is 0 Å². The molecule has 3 rings (SSSR count). The van der Waals surface area contributed by atoms with Crippen molar-refractivity contribution in [1.29, 1.82) is 0 Å². The standard InChI is InChI=1S/C9H8N2O.C6H7N/c10-9(12)7-4-6-11-5-2-1-3-8(7)11;1-2-4-6-7-5-3-1/h1-6H,(H2,10,12);1-7H. The Kier molecular flexibility index (Phi) is 4.18. The minimum atomic E-state index is -0.385. The number of allylic oxidation sites excluding steroid dienone is 4. The average molecular weight is 253 g/mol. The van der Waals surface area contributed by atoms with Crippen LogP contribution in [-0.2, 0) is 0 Å². The van der Waals surface area contributed by atoms with E-state index in [1.165, 1.54) is 0 Å². The van der Waals surface area contributed by atoms with E-state index in [4.69, 9.17) is 5.73 Å². The van der Waals surface area contributed by atoms with Gasteiger partial charge in [-0.2, -0.15) is 0 Å². The number of rotatable bonds is 1. The molecule has 0 unspecified atom stereocenters. The van der Waals surface area contributed by atoms with E-state index in [1.54, 1.807) is 6.07 Å². The van der Waals surface area contributed by atoms with E-state index in [2.05, 4.69) is 5.32 Å². The molecule has 19 heavy (non-hydrogen) atoms. The first-order valence-corrected chi connectivity index (χ1v) is 5.89. The highest BCUT2D eigenvalue weighted by Gasteiger charge is 2.05. The second-order valence-corrected chi connectivity index (χ2v) is 3.86. The number of amides is 1. The fourth-order valence-electron chi connectivity index (χ4n) is 1.67. The van der Waals surface area contributed by atoms with Gasteiger partial charge < -0.3 is 15.5 Å². The SMILES string of the molecule is C1=CC=CNC=C1.NC(=O)c1ccn2ccccc12. The van der Waals surface area contributed by atoms with Gasteiger partial charge in [0.15, 0.2) is 0 Å². The molecule has 0 spiro atoms. The zero-order valence-corrected chi connectivity index (χ0v) is 10.4. The summed E-state index contributed by atoms with van der Waals surface area (Å²) in [5, 5.41) is 2.92. The van der Waals surface area contributed by atoms with Crippen LogP contribution < -0.4 is 11.1 Å². The van der Waals surface area contributed by atoms with Crippen LogP contribution in [0.3, 0.4) is 0 Å². The van der Waals surface area contributed by atoms with Gasteiger partial charge in [0, 0.05) is 24.8 Å². The van der Waals surface area contributed by atoms with Gasteiger partial charge in [0.25, 0.3) is 5.91 Å². The number of nitrogens with one attached hydrogen (secondary N) is 1. The topological polar surface area (TPSA) is 59.5 Å². The minimum absolute atomic E-state index is 0.385. The van der Waals surface area contributed by atoms with E-state index in [0.29, 0.717) is 5.56 Å². The molecule has 0 fully saturated rings. The summed E-state index contributed by atoms with van der Waals surface area (Å²) in [5.41, 5.74) is 6.59. The Hall–Kier alpha value is -2.75. The Labute approximate surface area is 111 Å². The molecule has 1 aliphatic heterocycles. The van der Waals surface area contributed by atoms with Crippen molar-refractivity contribution < 1.29 is 4.79 Å². The number of carbonyl (C=O) groups excluding carboxylic acids is 1. The Morgan fingerprint density at radius 1 is 1.00 bits per heavy atom. The van der Waals surface area contributed by atoms with Gasteiger partial charge in [-0.15, -0.1) is 0 Å². The van der Waals surface area contributed by atoms with Crippen molar-refractivity contribution in [2.45, 2.75) is 0 Å². The fourth-order valence-corrected chi connectivity index (χ4v) is 1.67. The monoisotopic (exact) mass is 253 g/mol. The van der Waals surface area contributed by atoms with Gasteiger partial charge >= 0.3 is 0 Å². The third kappa shape index (κ3) is 3.35. The molecular formula is C15H15N3O. The number of carbonyl (C=O) groups is 1. The number of fused-ring (bicyclic) bond motifs is 1. The zero-order chi connectivity index (χ0) is 13.5. The number of pyridine rings is 1. The van der Waals surface area contributed by atoms with Gasteiger partial charge in [-0.25, -0.2) is 0 Å². The van der Waals surface area contributed by atoms with Crippen LogP contribution in [0.25, 0.3) is 5.52 Å². The number of nitrogens with two attached hydrogens (primary N) is 1. The molecule has 1 amide bonds. The van der Waals surface area contributed by atoms with Crippen molar-refractivity contribution in [3.63, 3.8) is 0 Å². The second kappa shape index (κ2) is 6.26. The lowest BCUT2D eigenvalue weighted by molar-refractivity contribution is 0.100. The van der Waals surface area contributed by atoms with Crippen molar-refractivity contribution in [2.24, 2.45) is 5.73 Å². The fraction of sp³-hybridized carbons (Fsp3) is 0. The first-order valence-electron chi connectivity index (χ1n) is 5.89. The maximum absolute atomic E-state index is 10.9. The lowest BCUT2D eigenvalue weighted by Crippen LogP contribution is -2.10. The molecule has 0 bridgehead atoms. The smallest absolute Gasteiger partial charge is 0.250 e. The van der Waals surface area contributed by atoms with Crippen molar-refractivity contribution in [3.05, 3.63) is 78.9 Å². The molecule has 4 nitrogen and oxygen atoms in total. The van der Waals surface area contributed by atoms with Gasteiger partial charge in [-0.3, -0.25) is 4.79 Å². The molecule has 0 aromatic carbocycles. The quantitative estimate of drug-likeness (QED) is 0.818. The molecule has 4 heteroatoms. The largest absolute Gasteiger partial charge is 0.368 e. The van der Waals surface area contributed by atoms with Crippen LogP contribution in [0.4, 0.5) is 0 Å². The number of hydrogen-bond donors (Lipinski definition) is 2. The third-order valence-electron chi connectivity index (χ3n) is 2.55. The van der Waals surface area contributed by atoms with Gasteiger partial charge in [0.2, 0.25) is 0 Å². The van der Waals surface area contributed by atoms with Crippen molar-refractivity contribution >= 4 is 11.4 Å². The first kappa shape index (κ1) is 12.7. The lowest BCUT2D eigenvalue weighted by Gasteiger charge is -1.93. The summed E-state index contributed by atoms with van der Waals surface area (Å²) < 4.78 is 1.86. The highest BCUT2D eigenvalue weighted by molar-refractivity contribution is 5.99. The molecule has 0 saturated heterocycles. The third-order valence-corrected chi connectivity index (χ3v) is 2.55. The van der Waals surface area contributed by atoms with Crippen LogP contribution in [0.1, 0.15) is 10.4 Å². The van der Waals surface area contributed by atoms with Crippen molar-refractivity contribution in [3.8, 4) is 0 Å². The van der Waals surface area contributed by atoms with Gasteiger partial charge in [0.05, 0.1) is 11.1 Å². The summed E-state index contributed by atoms with van der Waals surface area (Å²) in [6, 6.07) is 7.36. The summed E-state index contributed by atoms with van der Waals surface area (Å²) in [6.07, 6.45) is 15.3. The summed E-state index contributed by atoms with van der Waals surface area (Å²) in [7, 11) is 0. The van der Waals surface area contributed by atoms with Crippen LogP contribution >= 0.6 is 0 Å². The Balaban J connectivity index is 0.000000163. The maximum atomic E-state index is 10.9. The highest BCUT2D eigenvalue weighted by Crippen LogP contribution is 2.10. The molecule has 0 atom stereocenters. The van der Waals surface area contributed by atoms with Crippen LogP contribution in [0, 0.1) is 0 Å². The summed E-state index contributed by atoms with van der Waals surface area (Å²) in [4.78, 5) is 10.9. The number of primary amides is 1. The van der Waals surface area contributed by atoms with Crippen molar-refractivity contribution in [1.82, 2.24) is 9.72 Å². The number of aromatic nitrogens is 1. The van der Waals surface area contributed by atoms with Crippen LogP contribution in [-0.4, -0.2) is 10.3 Å². The molecule has 0 saturated carbocycles. The Bertz CT molecular complexity index is 636. The molecule has 3 heterocycles. The molecule has 2 aromatic heterocycles. The molecule has 96 valence electrons. The number of nitrogens with zero attached hydrogens (tertiary/aromatic N) is 1. The van der Waals surface area contributed by atoms with Crippen LogP contribution in [0.5, 0.6) is 0 Å². The Morgan fingerprint density at radius 3 is 2.42 bits per heavy atom. The number of hydrogen-bond acceptors (Lipinski definition) is 2. The van der Waals surface area contributed by atoms with E-state index in [1.807, 2.05) is 71.7 Å². The first-order chi connectivity index (χ1) is 9.29. The second-order valence-electron chi connectivity index (χ2n) is 3.86. The van der Waals surface area contributed by atoms with E-state index < -0.39 is 0 Å². The van der Waals surface area contributed by atoms with Gasteiger partial charge in [0.1, 0.15) is 0 Å². The summed E-state index contributed by atoms with van der Waals surface area (Å²) >= 11 is 0. The van der Waals surface area contributed by atoms with E-state index >= 15 is 0 Å². The zero-order valence-electron chi connectivity index (χ0n) is 10.4. The van der Waals surface area contributed by atoms with Crippen LogP contribution in [0.15, 0.2) is 73.4 Å². The van der Waals surface area contributed by atoms with E-state index in [0.717, 1.165) is 5.52 Å². The molecule has 3 N–H and O–H groups in total. The van der Waals surface area contributed by atoms with E-state index in [-0.39, 0.29) is 5.91 Å².